The molecule has 6 rings (SSSR count). The largest absolute Gasteiger partial charge is 0.573 e. The summed E-state index contributed by atoms with van der Waals surface area (Å²) >= 11 is 0. The highest BCUT2D eigenvalue weighted by atomic mass is 19.4. The lowest BCUT2D eigenvalue weighted by Crippen LogP contribution is -2.47. The molecular formula is C28H25F3N2O4. The van der Waals surface area contributed by atoms with Crippen molar-refractivity contribution in [1.82, 2.24) is 4.90 Å². The van der Waals surface area contributed by atoms with E-state index < -0.39 is 12.6 Å². The van der Waals surface area contributed by atoms with Gasteiger partial charge in [0, 0.05) is 18.2 Å². The molecule has 1 saturated carbocycles. The molecule has 3 aromatic carbocycles. The summed E-state index contributed by atoms with van der Waals surface area (Å²) in [6.45, 7) is 0.331. The van der Waals surface area contributed by atoms with Crippen LogP contribution in [0.15, 0.2) is 71.9 Å². The molecule has 3 atom stereocenters. The summed E-state index contributed by atoms with van der Waals surface area (Å²) in [7, 11) is 1.51. The van der Waals surface area contributed by atoms with Crippen LogP contribution < -0.4 is 9.47 Å². The number of benzene rings is 3. The monoisotopic (exact) mass is 510 g/mol. The van der Waals surface area contributed by atoms with Gasteiger partial charge in [0.2, 0.25) is 0 Å². The number of hydrogen-bond acceptors (Lipinski definition) is 6. The molecule has 192 valence electrons. The number of alkyl halides is 3. The fourth-order valence-corrected chi connectivity index (χ4v) is 5.56. The first-order valence-corrected chi connectivity index (χ1v) is 12.1. The molecular weight excluding hydrogens is 485 g/mol. The number of ether oxygens (including phenoxy) is 2. The Hall–Kier alpha value is -3.72. The minimum absolute atomic E-state index is 0.0410. The number of hydrogen-bond donors (Lipinski definition) is 1. The van der Waals surface area contributed by atoms with E-state index in [9.17, 15) is 18.3 Å². The minimum atomic E-state index is -4.77. The second-order valence-corrected chi connectivity index (χ2v) is 9.62. The Morgan fingerprint density at radius 3 is 2.51 bits per heavy atom. The predicted molar refractivity (Wildman–Crippen MR) is 129 cm³/mol. The molecule has 0 saturated heterocycles. The van der Waals surface area contributed by atoms with Crippen molar-refractivity contribution in [2.45, 2.75) is 43.9 Å². The van der Waals surface area contributed by atoms with Crippen molar-refractivity contribution in [2.75, 3.05) is 7.11 Å². The van der Waals surface area contributed by atoms with Gasteiger partial charge >= 0.3 is 6.36 Å². The maximum absolute atomic E-state index is 12.9. The molecule has 0 spiro atoms. The molecule has 0 radical (unpaired) electrons. The van der Waals surface area contributed by atoms with E-state index in [0.717, 1.165) is 35.2 Å². The number of rotatable bonds is 6. The first-order valence-electron chi connectivity index (χ1n) is 12.1. The van der Waals surface area contributed by atoms with Crippen molar-refractivity contribution in [1.29, 1.82) is 0 Å². The maximum atomic E-state index is 12.9. The molecule has 0 bridgehead atoms. The average molecular weight is 511 g/mol. The summed E-state index contributed by atoms with van der Waals surface area (Å²) < 4.78 is 48.2. The van der Waals surface area contributed by atoms with Crippen molar-refractivity contribution in [2.24, 2.45) is 11.1 Å². The van der Waals surface area contributed by atoms with Crippen molar-refractivity contribution in [3.8, 4) is 17.2 Å². The van der Waals surface area contributed by atoms with Crippen LogP contribution >= 0.6 is 0 Å². The summed E-state index contributed by atoms with van der Waals surface area (Å²) in [5.74, 6) is 0.189. The van der Waals surface area contributed by atoms with Gasteiger partial charge in [0.05, 0.1) is 18.7 Å². The Morgan fingerprint density at radius 2 is 1.81 bits per heavy atom. The molecule has 0 unspecified atom stereocenters. The van der Waals surface area contributed by atoms with Crippen molar-refractivity contribution >= 4 is 5.71 Å². The zero-order chi connectivity index (χ0) is 25.7. The third-order valence-corrected chi connectivity index (χ3v) is 7.20. The predicted octanol–water partition coefficient (Wildman–Crippen LogP) is 6.11. The van der Waals surface area contributed by atoms with E-state index in [2.05, 4.69) is 14.8 Å². The number of halogens is 3. The van der Waals surface area contributed by atoms with Crippen LogP contribution in [0.25, 0.3) is 0 Å². The van der Waals surface area contributed by atoms with E-state index >= 15 is 0 Å². The molecule has 1 aliphatic carbocycles. The quantitative estimate of drug-likeness (QED) is 0.434. The van der Waals surface area contributed by atoms with Crippen LogP contribution in [0, 0.1) is 5.92 Å². The van der Waals surface area contributed by atoms with E-state index in [0.29, 0.717) is 23.8 Å². The SMILES string of the molecule is COc1cc2c(cc1O)[C@H]1C(c3ccccc3)=NO[C@H]1N(Cc1cccc(OC(F)(F)F)c1)[C@@H]2C1CC1. The first kappa shape index (κ1) is 23.7. The standard InChI is InChI=1S/C28H25F3N2O4/c1-35-23-14-21-20(13-22(23)34)24-25(17-7-3-2-4-8-17)32-37-27(24)33(26(21)18-10-11-18)15-16-6-5-9-19(12-16)36-28(29,30)31/h2-9,12-14,18,24,26-27,34H,10-11,15H2,1H3/t24-,26+,27+/m0/s1. The van der Waals surface area contributed by atoms with Gasteiger partial charge in [-0.1, -0.05) is 47.6 Å². The molecule has 1 N–H and O–H groups in total. The summed E-state index contributed by atoms with van der Waals surface area (Å²) in [5, 5.41) is 15.2. The number of fused-ring (bicyclic) bond motifs is 3. The van der Waals surface area contributed by atoms with Gasteiger partial charge in [-0.05, 0) is 59.7 Å². The molecule has 1 fully saturated rings. The average Bonchev–Trinajstić information content (AvgIpc) is 3.60. The molecule has 0 aromatic heterocycles. The molecule has 2 aliphatic heterocycles. The molecule has 6 nitrogen and oxygen atoms in total. The Bertz CT molecular complexity index is 1340. The van der Waals surface area contributed by atoms with Crippen molar-refractivity contribution in [3.63, 3.8) is 0 Å². The molecule has 3 aromatic rings. The van der Waals surface area contributed by atoms with Crippen molar-refractivity contribution in [3.05, 3.63) is 89.0 Å². The maximum Gasteiger partial charge on any atom is 0.573 e. The Labute approximate surface area is 211 Å². The smallest absolute Gasteiger partial charge is 0.504 e. The number of phenols is 1. The van der Waals surface area contributed by atoms with Crippen LogP contribution in [0.5, 0.6) is 17.2 Å². The molecule has 0 amide bonds. The van der Waals surface area contributed by atoms with E-state index in [1.807, 2.05) is 36.4 Å². The van der Waals surface area contributed by atoms with Crippen molar-refractivity contribution < 1.29 is 32.6 Å². The first-order chi connectivity index (χ1) is 17.8. The summed E-state index contributed by atoms with van der Waals surface area (Å²) in [6, 6.07) is 19.3. The third kappa shape index (κ3) is 4.48. The second kappa shape index (κ2) is 8.99. The fourth-order valence-electron chi connectivity index (χ4n) is 5.56. The number of nitrogens with zero attached hydrogens (tertiary/aromatic N) is 2. The third-order valence-electron chi connectivity index (χ3n) is 7.20. The second-order valence-electron chi connectivity index (χ2n) is 9.62. The summed E-state index contributed by atoms with van der Waals surface area (Å²) in [6.07, 6.45) is -3.22. The number of phenolic OH excluding ortho intramolecular Hbond substituents is 1. The van der Waals surface area contributed by atoms with Gasteiger partial charge < -0.3 is 19.4 Å². The summed E-state index contributed by atoms with van der Waals surface area (Å²) in [5.41, 5.74) is 4.24. The highest BCUT2D eigenvalue weighted by molar-refractivity contribution is 6.06. The highest BCUT2D eigenvalue weighted by Gasteiger charge is 2.52. The van der Waals surface area contributed by atoms with E-state index in [1.165, 1.54) is 19.2 Å². The lowest BCUT2D eigenvalue weighted by molar-refractivity contribution is -0.274. The molecule has 3 aliphatic rings. The van der Waals surface area contributed by atoms with Crippen LogP contribution in [0.2, 0.25) is 0 Å². The summed E-state index contributed by atoms with van der Waals surface area (Å²) in [4.78, 5) is 8.24. The van der Waals surface area contributed by atoms with Crippen LogP contribution in [-0.4, -0.2) is 35.4 Å². The highest BCUT2D eigenvalue weighted by Crippen LogP contribution is 2.55. The van der Waals surface area contributed by atoms with Gasteiger partial charge in [0.1, 0.15) is 5.75 Å². The lowest BCUT2D eigenvalue weighted by atomic mass is 9.78. The number of oxime groups is 1. The minimum Gasteiger partial charge on any atom is -0.504 e. The van der Waals surface area contributed by atoms with Gasteiger partial charge in [0.25, 0.3) is 0 Å². The van der Waals surface area contributed by atoms with E-state index in [1.54, 1.807) is 18.2 Å². The fraction of sp³-hybridized carbons (Fsp3) is 0.321. The molecule has 37 heavy (non-hydrogen) atoms. The zero-order valence-electron chi connectivity index (χ0n) is 20.0. The topological polar surface area (TPSA) is 63.5 Å². The van der Waals surface area contributed by atoms with E-state index in [-0.39, 0.29) is 23.5 Å². The van der Waals surface area contributed by atoms with Gasteiger partial charge in [0.15, 0.2) is 17.7 Å². The number of aromatic hydroxyl groups is 1. The van der Waals surface area contributed by atoms with Crippen LogP contribution in [0.4, 0.5) is 13.2 Å². The Balaban J connectivity index is 1.44. The van der Waals surface area contributed by atoms with E-state index in [4.69, 9.17) is 9.57 Å². The molecule has 9 heteroatoms. The normalized spacial score (nSPS) is 23.0. The number of methoxy groups -OCH3 is 1. The van der Waals surface area contributed by atoms with Crippen LogP contribution in [-0.2, 0) is 11.4 Å². The lowest BCUT2D eigenvalue weighted by Gasteiger charge is -2.43. The van der Waals surface area contributed by atoms with Gasteiger partial charge in [-0.3, -0.25) is 4.90 Å². The van der Waals surface area contributed by atoms with Crippen LogP contribution in [0.1, 0.15) is 47.1 Å². The van der Waals surface area contributed by atoms with Gasteiger partial charge in [-0.25, -0.2) is 0 Å². The Kier molecular flexibility index (Phi) is 5.75. The van der Waals surface area contributed by atoms with Gasteiger partial charge in [-0.2, -0.15) is 0 Å². The van der Waals surface area contributed by atoms with Crippen LogP contribution in [0.3, 0.4) is 0 Å². The zero-order valence-corrected chi connectivity index (χ0v) is 20.0. The molecule has 2 heterocycles. The van der Waals surface area contributed by atoms with Gasteiger partial charge in [-0.15, -0.1) is 13.2 Å². The Morgan fingerprint density at radius 1 is 1.03 bits per heavy atom.